The van der Waals surface area contributed by atoms with Crippen molar-refractivity contribution in [1.82, 2.24) is 4.90 Å². The number of hydrogen-bond acceptors (Lipinski definition) is 3. The summed E-state index contributed by atoms with van der Waals surface area (Å²) in [6, 6.07) is 7.22. The third-order valence-electron chi connectivity index (χ3n) is 3.90. The van der Waals surface area contributed by atoms with Crippen LogP contribution in [0.3, 0.4) is 0 Å². The summed E-state index contributed by atoms with van der Waals surface area (Å²) in [5.74, 6) is 0.0660. The molecule has 0 aliphatic carbocycles. The maximum atomic E-state index is 12.6. The summed E-state index contributed by atoms with van der Waals surface area (Å²) in [7, 11) is 0. The minimum Gasteiger partial charge on any atom is -0.464 e. The highest BCUT2D eigenvalue weighted by molar-refractivity contribution is 5.97. The average Bonchev–Trinajstić information content (AvgIpc) is 2.96. The van der Waals surface area contributed by atoms with Gasteiger partial charge in [0.25, 0.3) is 5.91 Å². The van der Waals surface area contributed by atoms with Gasteiger partial charge in [0.2, 0.25) is 0 Å². The van der Waals surface area contributed by atoms with Crippen LogP contribution in [0, 0.1) is 0 Å². The van der Waals surface area contributed by atoms with Crippen LogP contribution in [0.4, 0.5) is 0 Å². The van der Waals surface area contributed by atoms with Crippen LogP contribution >= 0.6 is 0 Å². The summed E-state index contributed by atoms with van der Waals surface area (Å²) in [4.78, 5) is 26.1. The monoisotopic (exact) mass is 289 g/mol. The van der Waals surface area contributed by atoms with Crippen LogP contribution in [0.15, 0.2) is 24.3 Å². The van der Waals surface area contributed by atoms with E-state index in [4.69, 9.17) is 4.74 Å². The Labute approximate surface area is 126 Å². The Morgan fingerprint density at radius 3 is 2.52 bits per heavy atom. The zero-order valence-corrected chi connectivity index (χ0v) is 13.0. The molecule has 0 saturated carbocycles. The van der Waals surface area contributed by atoms with Gasteiger partial charge in [0, 0.05) is 12.1 Å². The van der Waals surface area contributed by atoms with Crippen LogP contribution in [-0.2, 0) is 9.53 Å². The van der Waals surface area contributed by atoms with Crippen molar-refractivity contribution >= 4 is 11.9 Å². The number of hydrogen-bond donors (Lipinski definition) is 0. The molecule has 1 unspecified atom stereocenters. The molecule has 1 aromatic rings. The Morgan fingerprint density at radius 1 is 1.29 bits per heavy atom. The van der Waals surface area contributed by atoms with Crippen molar-refractivity contribution in [2.24, 2.45) is 0 Å². The van der Waals surface area contributed by atoms with E-state index >= 15 is 0 Å². The van der Waals surface area contributed by atoms with Crippen LogP contribution in [0.1, 0.15) is 55.5 Å². The second-order valence-corrected chi connectivity index (χ2v) is 5.69. The minimum absolute atomic E-state index is 0.0825. The van der Waals surface area contributed by atoms with Gasteiger partial charge in [-0.2, -0.15) is 0 Å². The normalized spacial score (nSPS) is 18.1. The molecule has 1 heterocycles. The number of rotatable bonds is 4. The van der Waals surface area contributed by atoms with E-state index in [1.165, 1.54) is 5.56 Å². The molecular weight excluding hydrogens is 266 g/mol. The van der Waals surface area contributed by atoms with E-state index in [1.807, 2.05) is 24.3 Å². The van der Waals surface area contributed by atoms with E-state index in [9.17, 15) is 9.59 Å². The zero-order valence-electron chi connectivity index (χ0n) is 13.0. The van der Waals surface area contributed by atoms with Gasteiger partial charge in [-0.15, -0.1) is 0 Å². The van der Waals surface area contributed by atoms with Gasteiger partial charge in [-0.25, -0.2) is 4.79 Å². The van der Waals surface area contributed by atoms with Gasteiger partial charge in [-0.05, 0) is 43.4 Å². The predicted octanol–water partition coefficient (Wildman–Crippen LogP) is 2.98. The quantitative estimate of drug-likeness (QED) is 0.801. The predicted molar refractivity (Wildman–Crippen MR) is 81.2 cm³/mol. The average molecular weight is 289 g/mol. The van der Waals surface area contributed by atoms with E-state index in [-0.39, 0.29) is 11.9 Å². The van der Waals surface area contributed by atoms with E-state index in [0.717, 1.165) is 6.42 Å². The maximum Gasteiger partial charge on any atom is 0.328 e. The van der Waals surface area contributed by atoms with Gasteiger partial charge in [-0.3, -0.25) is 4.79 Å². The summed E-state index contributed by atoms with van der Waals surface area (Å²) >= 11 is 0. The molecule has 4 heteroatoms. The standard InChI is InChI=1S/C17H23NO3/c1-4-21-17(20)15-6-5-11-18(15)16(19)14-9-7-13(8-10-14)12(2)3/h7-10,12,15H,4-6,11H2,1-3H3. The number of esters is 1. The first-order valence-electron chi connectivity index (χ1n) is 7.62. The van der Waals surface area contributed by atoms with Crippen molar-refractivity contribution in [3.05, 3.63) is 35.4 Å². The van der Waals surface area contributed by atoms with Crippen molar-refractivity contribution in [2.45, 2.75) is 45.6 Å². The van der Waals surface area contributed by atoms with Crippen molar-refractivity contribution in [1.29, 1.82) is 0 Å². The smallest absolute Gasteiger partial charge is 0.328 e. The minimum atomic E-state index is -0.428. The summed E-state index contributed by atoms with van der Waals surface area (Å²) < 4.78 is 5.06. The van der Waals surface area contributed by atoms with Gasteiger partial charge < -0.3 is 9.64 Å². The third kappa shape index (κ3) is 3.43. The first-order chi connectivity index (χ1) is 10.0. The molecule has 0 N–H and O–H groups in total. The Hall–Kier alpha value is -1.84. The molecular formula is C17H23NO3. The van der Waals surface area contributed by atoms with Crippen molar-refractivity contribution < 1.29 is 14.3 Å². The maximum absolute atomic E-state index is 12.6. The highest BCUT2D eigenvalue weighted by atomic mass is 16.5. The van der Waals surface area contributed by atoms with Crippen LogP contribution in [-0.4, -0.2) is 36.0 Å². The Morgan fingerprint density at radius 2 is 1.95 bits per heavy atom. The molecule has 1 amide bonds. The molecule has 2 rings (SSSR count). The summed E-state index contributed by atoms with van der Waals surface area (Å²) in [5, 5.41) is 0. The lowest BCUT2D eigenvalue weighted by Crippen LogP contribution is -2.41. The van der Waals surface area contributed by atoms with Crippen molar-refractivity contribution in [3.8, 4) is 0 Å². The SMILES string of the molecule is CCOC(=O)C1CCCN1C(=O)c1ccc(C(C)C)cc1. The summed E-state index contributed by atoms with van der Waals surface area (Å²) in [6.45, 7) is 6.99. The van der Waals surface area contributed by atoms with Gasteiger partial charge in [0.1, 0.15) is 6.04 Å². The van der Waals surface area contributed by atoms with Crippen molar-refractivity contribution in [3.63, 3.8) is 0 Å². The van der Waals surface area contributed by atoms with Gasteiger partial charge in [0.15, 0.2) is 0 Å². The molecule has 1 fully saturated rings. The first-order valence-corrected chi connectivity index (χ1v) is 7.62. The second kappa shape index (κ2) is 6.74. The molecule has 4 nitrogen and oxygen atoms in total. The number of carbonyl (C=O) groups excluding carboxylic acids is 2. The van der Waals surface area contributed by atoms with Crippen LogP contribution < -0.4 is 0 Å². The highest BCUT2D eigenvalue weighted by Crippen LogP contribution is 2.22. The lowest BCUT2D eigenvalue weighted by atomic mass is 10.0. The number of ether oxygens (including phenoxy) is 1. The van der Waals surface area contributed by atoms with Crippen LogP contribution in [0.5, 0.6) is 0 Å². The lowest BCUT2D eigenvalue weighted by molar-refractivity contribution is -0.147. The third-order valence-corrected chi connectivity index (χ3v) is 3.90. The zero-order chi connectivity index (χ0) is 15.4. The fourth-order valence-electron chi connectivity index (χ4n) is 2.67. The van der Waals surface area contributed by atoms with Gasteiger partial charge >= 0.3 is 5.97 Å². The molecule has 1 atom stereocenters. The topological polar surface area (TPSA) is 46.6 Å². The number of likely N-dealkylation sites (tertiary alicyclic amines) is 1. The fourth-order valence-corrected chi connectivity index (χ4v) is 2.67. The molecule has 1 aromatic carbocycles. The molecule has 1 aliphatic heterocycles. The summed E-state index contributed by atoms with van der Waals surface area (Å²) in [5.41, 5.74) is 1.84. The molecule has 21 heavy (non-hydrogen) atoms. The van der Waals surface area contributed by atoms with Crippen LogP contribution in [0.25, 0.3) is 0 Å². The van der Waals surface area contributed by atoms with Gasteiger partial charge in [-0.1, -0.05) is 26.0 Å². The molecule has 0 spiro atoms. The van der Waals surface area contributed by atoms with E-state index in [2.05, 4.69) is 13.8 Å². The summed E-state index contributed by atoms with van der Waals surface area (Å²) in [6.07, 6.45) is 1.54. The molecule has 1 aliphatic rings. The molecule has 0 bridgehead atoms. The molecule has 114 valence electrons. The molecule has 0 radical (unpaired) electrons. The fraction of sp³-hybridized carbons (Fsp3) is 0.529. The largest absolute Gasteiger partial charge is 0.464 e. The number of nitrogens with zero attached hydrogens (tertiary/aromatic N) is 1. The molecule has 0 aromatic heterocycles. The van der Waals surface area contributed by atoms with Crippen molar-refractivity contribution in [2.75, 3.05) is 13.2 Å². The molecule has 1 saturated heterocycles. The van der Waals surface area contributed by atoms with Gasteiger partial charge in [0.05, 0.1) is 6.61 Å². The number of benzene rings is 1. The second-order valence-electron chi connectivity index (χ2n) is 5.69. The van der Waals surface area contributed by atoms with E-state index < -0.39 is 6.04 Å². The Kier molecular flexibility index (Phi) is 4.99. The number of carbonyl (C=O) groups is 2. The Balaban J connectivity index is 2.13. The van der Waals surface area contributed by atoms with Crippen LogP contribution in [0.2, 0.25) is 0 Å². The van der Waals surface area contributed by atoms with E-state index in [0.29, 0.717) is 31.1 Å². The van der Waals surface area contributed by atoms with E-state index in [1.54, 1.807) is 11.8 Å². The highest BCUT2D eigenvalue weighted by Gasteiger charge is 2.35. The lowest BCUT2D eigenvalue weighted by Gasteiger charge is -2.23. The first kappa shape index (κ1) is 15.5. The number of amides is 1. The Bertz CT molecular complexity index is 507.